The van der Waals surface area contributed by atoms with E-state index in [0.29, 0.717) is 27.3 Å². The maximum absolute atomic E-state index is 12.2. The minimum atomic E-state index is -0.610. The van der Waals surface area contributed by atoms with Gasteiger partial charge >= 0.3 is 5.97 Å². The quantitative estimate of drug-likeness (QED) is 0.576. The lowest BCUT2D eigenvalue weighted by Crippen LogP contribution is -2.31. The van der Waals surface area contributed by atoms with Crippen LogP contribution in [-0.2, 0) is 16.1 Å². The molecule has 1 aromatic carbocycles. The van der Waals surface area contributed by atoms with Crippen molar-refractivity contribution in [2.45, 2.75) is 12.6 Å². The Morgan fingerprint density at radius 2 is 1.96 bits per heavy atom. The summed E-state index contributed by atoms with van der Waals surface area (Å²) in [6.07, 6.45) is 1.62. The van der Waals surface area contributed by atoms with Crippen molar-refractivity contribution in [2.24, 2.45) is 0 Å². The zero-order valence-electron chi connectivity index (χ0n) is 12.6. The minimum absolute atomic E-state index is 0.383. The molecule has 0 saturated carbocycles. The molecule has 1 atom stereocenters. The molecular formula is C16H15Cl3N2O2. The van der Waals surface area contributed by atoms with E-state index in [1.165, 1.54) is 7.11 Å². The highest BCUT2D eigenvalue weighted by Crippen LogP contribution is 2.29. The van der Waals surface area contributed by atoms with E-state index >= 15 is 0 Å². The number of carbonyl (C=O) groups is 1. The smallest absolute Gasteiger partial charge is 0.327 e. The van der Waals surface area contributed by atoms with E-state index in [2.05, 4.69) is 4.98 Å². The fourth-order valence-electron chi connectivity index (χ4n) is 2.28. The van der Waals surface area contributed by atoms with Crippen molar-refractivity contribution in [3.8, 4) is 0 Å². The van der Waals surface area contributed by atoms with Gasteiger partial charge in [-0.3, -0.25) is 4.90 Å². The van der Waals surface area contributed by atoms with Gasteiger partial charge in [-0.15, -0.1) is 0 Å². The van der Waals surface area contributed by atoms with Crippen LogP contribution in [0.5, 0.6) is 0 Å². The lowest BCUT2D eigenvalue weighted by atomic mass is 10.1. The van der Waals surface area contributed by atoms with Gasteiger partial charge in [0.1, 0.15) is 11.2 Å². The molecule has 0 aliphatic carbocycles. The summed E-state index contributed by atoms with van der Waals surface area (Å²) in [5.74, 6) is -0.383. The highest BCUT2D eigenvalue weighted by Gasteiger charge is 2.26. The first kappa shape index (κ1) is 18.0. The lowest BCUT2D eigenvalue weighted by Gasteiger charge is -2.26. The molecule has 0 aliphatic heterocycles. The predicted molar refractivity (Wildman–Crippen MR) is 91.9 cm³/mol. The molecule has 0 amide bonds. The van der Waals surface area contributed by atoms with Crippen LogP contribution in [0.3, 0.4) is 0 Å². The fourth-order valence-corrected chi connectivity index (χ4v) is 2.79. The van der Waals surface area contributed by atoms with Crippen LogP contribution < -0.4 is 0 Å². The first-order chi connectivity index (χ1) is 10.9. The molecule has 0 spiro atoms. The van der Waals surface area contributed by atoms with Crippen LogP contribution in [0.4, 0.5) is 0 Å². The van der Waals surface area contributed by atoms with Gasteiger partial charge in [0.2, 0.25) is 0 Å². The molecule has 7 heteroatoms. The predicted octanol–water partition coefficient (Wildman–Crippen LogP) is 4.39. The molecule has 1 unspecified atom stereocenters. The number of hydrogen-bond acceptors (Lipinski definition) is 4. The number of aromatic nitrogens is 1. The van der Waals surface area contributed by atoms with Crippen LogP contribution in [0.25, 0.3) is 0 Å². The van der Waals surface area contributed by atoms with Gasteiger partial charge in [-0.1, -0.05) is 40.9 Å². The molecular weight excluding hydrogens is 359 g/mol. The molecule has 0 saturated heterocycles. The topological polar surface area (TPSA) is 42.4 Å². The number of methoxy groups -OCH3 is 1. The van der Waals surface area contributed by atoms with Crippen LogP contribution in [0.2, 0.25) is 15.2 Å². The van der Waals surface area contributed by atoms with E-state index in [1.807, 2.05) is 18.0 Å². The van der Waals surface area contributed by atoms with Crippen molar-refractivity contribution in [1.29, 1.82) is 0 Å². The third-order valence-corrected chi connectivity index (χ3v) is 4.29. The zero-order chi connectivity index (χ0) is 17.0. The number of pyridine rings is 1. The molecule has 4 nitrogen and oxygen atoms in total. The molecule has 0 aliphatic rings. The van der Waals surface area contributed by atoms with Gasteiger partial charge in [0.05, 0.1) is 17.2 Å². The summed E-state index contributed by atoms with van der Waals surface area (Å²) in [6.45, 7) is 0.488. The summed E-state index contributed by atoms with van der Waals surface area (Å²) in [6, 6.07) is 8.06. The largest absolute Gasteiger partial charge is 0.468 e. The van der Waals surface area contributed by atoms with E-state index in [1.54, 1.807) is 30.5 Å². The molecule has 2 aromatic rings. The Kier molecular flexibility index (Phi) is 6.25. The van der Waals surface area contributed by atoms with E-state index < -0.39 is 6.04 Å². The fraction of sp³-hybridized carbons (Fsp3) is 0.250. The Morgan fingerprint density at radius 3 is 2.57 bits per heavy atom. The van der Waals surface area contributed by atoms with Crippen molar-refractivity contribution < 1.29 is 9.53 Å². The normalized spacial score (nSPS) is 12.3. The van der Waals surface area contributed by atoms with Crippen molar-refractivity contribution in [1.82, 2.24) is 9.88 Å². The van der Waals surface area contributed by atoms with Crippen molar-refractivity contribution in [3.63, 3.8) is 0 Å². The van der Waals surface area contributed by atoms with Gasteiger partial charge < -0.3 is 4.74 Å². The summed E-state index contributed by atoms with van der Waals surface area (Å²) in [5, 5.41) is 1.22. The van der Waals surface area contributed by atoms with Gasteiger partial charge in [0, 0.05) is 12.7 Å². The van der Waals surface area contributed by atoms with Gasteiger partial charge in [-0.05, 0) is 42.4 Å². The molecule has 0 fully saturated rings. The minimum Gasteiger partial charge on any atom is -0.468 e. The van der Waals surface area contributed by atoms with Crippen molar-refractivity contribution >= 4 is 40.8 Å². The van der Waals surface area contributed by atoms with E-state index in [9.17, 15) is 4.79 Å². The maximum Gasteiger partial charge on any atom is 0.327 e. The Morgan fingerprint density at radius 1 is 1.22 bits per heavy atom. The molecule has 0 bridgehead atoms. The molecule has 2 rings (SSSR count). The number of halogens is 3. The third-order valence-electron chi connectivity index (χ3n) is 3.35. The summed E-state index contributed by atoms with van der Waals surface area (Å²) < 4.78 is 4.92. The number of hydrogen-bond donors (Lipinski definition) is 0. The SMILES string of the molecule is COC(=O)C(c1ccc(Cl)c(Cl)c1)N(C)Cc1ccnc(Cl)c1. The average molecular weight is 374 g/mol. The number of ether oxygens (including phenoxy) is 1. The van der Waals surface area contributed by atoms with Gasteiger partial charge in [-0.2, -0.15) is 0 Å². The molecule has 23 heavy (non-hydrogen) atoms. The van der Waals surface area contributed by atoms with E-state index in [4.69, 9.17) is 39.5 Å². The monoisotopic (exact) mass is 372 g/mol. The van der Waals surface area contributed by atoms with Crippen LogP contribution in [0, 0.1) is 0 Å². The Bertz CT molecular complexity index is 709. The first-order valence-electron chi connectivity index (χ1n) is 6.76. The van der Waals surface area contributed by atoms with Crippen LogP contribution in [-0.4, -0.2) is 30.0 Å². The van der Waals surface area contributed by atoms with Crippen molar-refractivity contribution in [3.05, 3.63) is 62.9 Å². The summed E-state index contributed by atoms with van der Waals surface area (Å²) in [7, 11) is 3.17. The Labute approximate surface area is 149 Å². The van der Waals surface area contributed by atoms with Gasteiger partial charge in [0.25, 0.3) is 0 Å². The van der Waals surface area contributed by atoms with Crippen LogP contribution >= 0.6 is 34.8 Å². The second-order valence-corrected chi connectivity index (χ2v) is 6.20. The van der Waals surface area contributed by atoms with Crippen LogP contribution in [0.1, 0.15) is 17.2 Å². The number of esters is 1. The highest BCUT2D eigenvalue weighted by molar-refractivity contribution is 6.42. The maximum atomic E-state index is 12.2. The lowest BCUT2D eigenvalue weighted by molar-refractivity contribution is -0.147. The number of rotatable bonds is 5. The number of benzene rings is 1. The van der Waals surface area contributed by atoms with Gasteiger partial charge in [-0.25, -0.2) is 9.78 Å². The number of carbonyl (C=O) groups excluding carboxylic acids is 1. The molecule has 122 valence electrons. The second kappa shape index (κ2) is 7.97. The molecule has 0 radical (unpaired) electrons. The summed E-state index contributed by atoms with van der Waals surface area (Å²) >= 11 is 17.9. The number of likely N-dealkylation sites (N-methyl/N-ethyl adjacent to an activating group) is 1. The van der Waals surface area contributed by atoms with Gasteiger partial charge in [0.15, 0.2) is 0 Å². The standard InChI is InChI=1S/C16H15Cl3N2O2/c1-21(9-10-5-6-20-14(19)7-10)15(16(22)23-2)11-3-4-12(17)13(18)8-11/h3-8,15H,9H2,1-2H3. The second-order valence-electron chi connectivity index (χ2n) is 5.00. The number of nitrogens with zero attached hydrogens (tertiary/aromatic N) is 2. The Balaban J connectivity index is 2.30. The highest BCUT2D eigenvalue weighted by atomic mass is 35.5. The van der Waals surface area contributed by atoms with Crippen molar-refractivity contribution in [2.75, 3.05) is 14.2 Å². The zero-order valence-corrected chi connectivity index (χ0v) is 14.9. The van der Waals surface area contributed by atoms with Crippen LogP contribution in [0.15, 0.2) is 36.5 Å². The summed E-state index contributed by atoms with van der Waals surface area (Å²) in [5.41, 5.74) is 1.63. The third kappa shape index (κ3) is 4.58. The molecule has 1 heterocycles. The van der Waals surface area contributed by atoms with E-state index in [-0.39, 0.29) is 5.97 Å². The Hall–Kier alpha value is -1.33. The molecule has 1 aromatic heterocycles. The summed E-state index contributed by atoms with van der Waals surface area (Å²) in [4.78, 5) is 18.0. The molecule has 0 N–H and O–H groups in total. The average Bonchev–Trinajstić information content (AvgIpc) is 2.50. The van der Waals surface area contributed by atoms with E-state index in [0.717, 1.165) is 5.56 Å². The first-order valence-corrected chi connectivity index (χ1v) is 7.89.